The summed E-state index contributed by atoms with van der Waals surface area (Å²) in [5.74, 6) is -0.249. The van der Waals surface area contributed by atoms with E-state index in [-0.39, 0.29) is 48.7 Å². The number of aliphatic hydroxyl groups is 1. The molecule has 0 spiro atoms. The normalized spacial score (nSPS) is 22.0. The molecule has 38 heavy (non-hydrogen) atoms. The summed E-state index contributed by atoms with van der Waals surface area (Å²) < 4.78 is 58.9. The molecule has 0 bridgehead atoms. The third-order valence-electron chi connectivity index (χ3n) is 6.46. The molecule has 2 aliphatic rings. The second kappa shape index (κ2) is 10.7. The van der Waals surface area contributed by atoms with Crippen LogP contribution in [-0.4, -0.2) is 93.5 Å². The fourth-order valence-electron chi connectivity index (χ4n) is 4.71. The number of sulfone groups is 1. The minimum atomic E-state index is -3.92. The largest absolute Gasteiger partial charge is 0.479 e. The van der Waals surface area contributed by atoms with Crippen molar-refractivity contribution in [3.63, 3.8) is 0 Å². The fraction of sp³-hybridized carbons (Fsp3) is 0.545. The van der Waals surface area contributed by atoms with Gasteiger partial charge in [-0.05, 0) is 19.3 Å². The van der Waals surface area contributed by atoms with Crippen LogP contribution in [0.4, 0.5) is 10.3 Å². The standard InChI is InChI=1S/C22H27FN8O6S/c1-35-20-18(21(36-2)27-12-26-20)31-17(28-29-19(31)16-4-3-5-37-16)11-38(33,34)15-6-14(32)9-30(10-15)22-24-7-13(23)8-25-22/h7-8,12,14-16,32H,3-6,9-11H2,1-2H3/t14-,15-,16+/m1/s1. The number of halogens is 1. The maximum atomic E-state index is 13.7. The Morgan fingerprint density at radius 2 is 1.82 bits per heavy atom. The van der Waals surface area contributed by atoms with Crippen LogP contribution in [0.15, 0.2) is 18.7 Å². The van der Waals surface area contributed by atoms with Crippen molar-refractivity contribution in [2.75, 3.05) is 38.8 Å². The van der Waals surface area contributed by atoms with Crippen LogP contribution in [0.3, 0.4) is 0 Å². The number of ether oxygens (including phenoxy) is 3. The summed E-state index contributed by atoms with van der Waals surface area (Å²) in [4.78, 5) is 17.7. The molecule has 0 aliphatic carbocycles. The van der Waals surface area contributed by atoms with Crippen LogP contribution in [0.1, 0.15) is 37.0 Å². The molecular formula is C22H27FN8O6S. The second-order valence-electron chi connectivity index (χ2n) is 8.98. The zero-order valence-corrected chi connectivity index (χ0v) is 21.6. The lowest BCUT2D eigenvalue weighted by atomic mass is 10.1. The first kappa shape index (κ1) is 26.1. The van der Waals surface area contributed by atoms with E-state index in [1.807, 2.05) is 0 Å². The smallest absolute Gasteiger partial charge is 0.245 e. The van der Waals surface area contributed by atoms with Gasteiger partial charge in [0.15, 0.2) is 33.0 Å². The quantitative estimate of drug-likeness (QED) is 0.410. The molecule has 16 heteroatoms. The van der Waals surface area contributed by atoms with Crippen LogP contribution in [0, 0.1) is 5.82 Å². The highest BCUT2D eigenvalue weighted by atomic mass is 32.2. The molecule has 5 rings (SSSR count). The highest BCUT2D eigenvalue weighted by molar-refractivity contribution is 7.91. The molecule has 1 N–H and O–H groups in total. The van der Waals surface area contributed by atoms with Gasteiger partial charge in [0.05, 0.1) is 38.0 Å². The molecule has 0 radical (unpaired) electrons. The molecule has 2 aliphatic heterocycles. The van der Waals surface area contributed by atoms with Crippen LogP contribution < -0.4 is 14.4 Å². The maximum absolute atomic E-state index is 13.7. The Morgan fingerprint density at radius 1 is 1.11 bits per heavy atom. The predicted octanol–water partition coefficient (Wildman–Crippen LogP) is 0.410. The van der Waals surface area contributed by atoms with Gasteiger partial charge in [0.25, 0.3) is 0 Å². The van der Waals surface area contributed by atoms with Crippen molar-refractivity contribution in [1.82, 2.24) is 34.7 Å². The van der Waals surface area contributed by atoms with E-state index in [1.54, 1.807) is 0 Å². The lowest BCUT2D eigenvalue weighted by Crippen LogP contribution is -2.49. The van der Waals surface area contributed by atoms with Gasteiger partial charge in [0, 0.05) is 19.7 Å². The number of nitrogens with zero attached hydrogens (tertiary/aromatic N) is 8. The lowest BCUT2D eigenvalue weighted by Gasteiger charge is -2.35. The van der Waals surface area contributed by atoms with Gasteiger partial charge in [0.2, 0.25) is 17.7 Å². The number of β-amino-alcohol motifs (C(OH)–C–C–N with tert-alkyl or cyclic N) is 1. The molecule has 0 aromatic carbocycles. The summed E-state index contributed by atoms with van der Waals surface area (Å²) in [6.45, 7) is 0.664. The van der Waals surface area contributed by atoms with Crippen LogP contribution in [0.25, 0.3) is 5.69 Å². The number of aliphatic hydroxyl groups excluding tert-OH is 1. The molecule has 2 fully saturated rings. The molecule has 0 saturated carbocycles. The SMILES string of the molecule is COc1ncnc(OC)c1-n1c(CS(=O)(=O)[C@@H]2C[C@@H](O)CN(c3ncc(F)cn3)C2)nnc1[C@@H]1CCCO1. The summed E-state index contributed by atoms with van der Waals surface area (Å²) in [6.07, 6.45) is 3.36. The van der Waals surface area contributed by atoms with Crippen molar-refractivity contribution in [3.05, 3.63) is 36.2 Å². The third kappa shape index (κ3) is 5.10. The molecule has 3 aromatic rings. The van der Waals surface area contributed by atoms with Crippen LogP contribution in [-0.2, 0) is 20.3 Å². The number of methoxy groups -OCH3 is 2. The Bertz CT molecular complexity index is 1360. The number of piperidine rings is 1. The van der Waals surface area contributed by atoms with E-state index in [2.05, 4.69) is 30.1 Å². The number of hydrogen-bond donors (Lipinski definition) is 1. The topological polar surface area (TPSA) is 168 Å². The summed E-state index contributed by atoms with van der Waals surface area (Å²) in [6, 6.07) is 0. The average Bonchev–Trinajstić information content (AvgIpc) is 3.58. The third-order valence-corrected chi connectivity index (χ3v) is 8.47. The number of aromatic nitrogens is 7. The maximum Gasteiger partial charge on any atom is 0.245 e. The molecule has 5 heterocycles. The van der Waals surface area contributed by atoms with Crippen LogP contribution in [0.2, 0.25) is 0 Å². The van der Waals surface area contributed by atoms with E-state index in [0.717, 1.165) is 18.8 Å². The zero-order valence-electron chi connectivity index (χ0n) is 20.8. The van der Waals surface area contributed by atoms with E-state index in [4.69, 9.17) is 14.2 Å². The van der Waals surface area contributed by atoms with Crippen molar-refractivity contribution >= 4 is 15.8 Å². The molecule has 3 aromatic heterocycles. The Kier molecular flexibility index (Phi) is 7.36. The van der Waals surface area contributed by atoms with Gasteiger partial charge in [-0.2, -0.15) is 9.97 Å². The summed E-state index contributed by atoms with van der Waals surface area (Å²) in [5, 5.41) is 18.0. The summed E-state index contributed by atoms with van der Waals surface area (Å²) in [5.41, 5.74) is 0.253. The Hall–Kier alpha value is -3.50. The fourth-order valence-corrected chi connectivity index (χ4v) is 6.42. The van der Waals surface area contributed by atoms with Gasteiger partial charge >= 0.3 is 0 Å². The first-order chi connectivity index (χ1) is 18.3. The Labute approximate surface area is 217 Å². The highest BCUT2D eigenvalue weighted by Gasteiger charge is 2.38. The monoisotopic (exact) mass is 550 g/mol. The molecule has 0 amide bonds. The van der Waals surface area contributed by atoms with E-state index in [9.17, 15) is 17.9 Å². The summed E-state index contributed by atoms with van der Waals surface area (Å²) >= 11 is 0. The number of rotatable bonds is 8. The first-order valence-corrected chi connectivity index (χ1v) is 13.6. The molecule has 0 unspecified atom stereocenters. The van der Waals surface area contributed by atoms with Gasteiger partial charge in [-0.1, -0.05) is 0 Å². The average molecular weight is 551 g/mol. The van der Waals surface area contributed by atoms with Crippen molar-refractivity contribution in [1.29, 1.82) is 0 Å². The van der Waals surface area contributed by atoms with Gasteiger partial charge in [0.1, 0.15) is 18.2 Å². The highest BCUT2D eigenvalue weighted by Crippen LogP contribution is 2.36. The number of anilines is 1. The zero-order chi connectivity index (χ0) is 26.9. The molecular weight excluding hydrogens is 523 g/mol. The van der Waals surface area contributed by atoms with E-state index >= 15 is 0 Å². The van der Waals surface area contributed by atoms with Gasteiger partial charge in [-0.3, -0.25) is 4.57 Å². The van der Waals surface area contributed by atoms with Crippen LogP contribution >= 0.6 is 0 Å². The Balaban J connectivity index is 1.51. The molecule has 14 nitrogen and oxygen atoms in total. The Morgan fingerprint density at radius 3 is 2.45 bits per heavy atom. The van der Waals surface area contributed by atoms with Crippen molar-refractivity contribution < 1.29 is 32.1 Å². The van der Waals surface area contributed by atoms with E-state index < -0.39 is 38.9 Å². The van der Waals surface area contributed by atoms with Gasteiger partial charge < -0.3 is 24.2 Å². The van der Waals surface area contributed by atoms with Crippen molar-refractivity contribution in [2.24, 2.45) is 0 Å². The second-order valence-corrected chi connectivity index (χ2v) is 11.3. The minimum absolute atomic E-state index is 0.00779. The molecule has 3 atom stereocenters. The molecule has 204 valence electrons. The van der Waals surface area contributed by atoms with E-state index in [0.29, 0.717) is 18.9 Å². The molecule has 2 saturated heterocycles. The van der Waals surface area contributed by atoms with E-state index in [1.165, 1.54) is 30.0 Å². The lowest BCUT2D eigenvalue weighted by molar-refractivity contribution is 0.103. The predicted molar refractivity (Wildman–Crippen MR) is 129 cm³/mol. The van der Waals surface area contributed by atoms with Gasteiger partial charge in [-0.25, -0.2) is 22.8 Å². The van der Waals surface area contributed by atoms with Crippen LogP contribution in [0.5, 0.6) is 11.8 Å². The van der Waals surface area contributed by atoms with Crippen molar-refractivity contribution in [3.8, 4) is 17.4 Å². The van der Waals surface area contributed by atoms with Crippen molar-refractivity contribution in [2.45, 2.75) is 42.5 Å². The number of hydrogen-bond acceptors (Lipinski definition) is 13. The summed E-state index contributed by atoms with van der Waals surface area (Å²) in [7, 11) is -1.07. The first-order valence-electron chi connectivity index (χ1n) is 11.9. The van der Waals surface area contributed by atoms with Gasteiger partial charge in [-0.15, -0.1) is 10.2 Å². The minimum Gasteiger partial charge on any atom is -0.479 e.